The van der Waals surface area contributed by atoms with Crippen LogP contribution in [-0.2, 0) is 44.9 Å². The molecule has 0 aromatic heterocycles. The van der Waals surface area contributed by atoms with E-state index < -0.39 is 0 Å². The molecule has 7 aliphatic heterocycles. The average molecular weight is 1230 g/mol. The molecule has 0 spiro atoms. The molecule has 14 rings (SSSR count). The van der Waals surface area contributed by atoms with Crippen molar-refractivity contribution in [1.29, 1.82) is 0 Å². The first-order chi connectivity index (χ1) is 43.9. The van der Waals surface area contributed by atoms with Gasteiger partial charge in [-0.25, -0.2) is 0 Å². The Morgan fingerprint density at radius 2 is 0.714 bits per heavy atom. The van der Waals surface area contributed by atoms with Gasteiger partial charge in [-0.3, -0.25) is 0 Å². The second kappa shape index (κ2) is 35.3. The highest BCUT2D eigenvalue weighted by molar-refractivity contribution is 5.61. The van der Waals surface area contributed by atoms with Crippen LogP contribution in [-0.4, -0.2) is 46.0 Å². The molecular formula is C84H116N4O3. The predicted molar refractivity (Wildman–Crippen MR) is 392 cm³/mol. The van der Waals surface area contributed by atoms with Crippen LogP contribution in [0.2, 0.25) is 0 Å². The van der Waals surface area contributed by atoms with Crippen LogP contribution in [0.25, 0.3) is 0 Å². The number of fused-ring (bicyclic) bond motifs is 7. The zero-order valence-electron chi connectivity index (χ0n) is 58.7. The number of hydrogen-bond donors (Lipinski definition) is 4. The summed E-state index contributed by atoms with van der Waals surface area (Å²) >= 11 is 0. The van der Waals surface area contributed by atoms with Crippen LogP contribution < -0.4 is 35.5 Å². The van der Waals surface area contributed by atoms with E-state index in [4.69, 9.17) is 14.2 Å². The Morgan fingerprint density at radius 3 is 1.37 bits per heavy atom. The molecule has 0 saturated carbocycles. The minimum atomic E-state index is 0.593. The maximum absolute atomic E-state index is 5.61. The molecule has 7 nitrogen and oxygen atoms in total. The summed E-state index contributed by atoms with van der Waals surface area (Å²) in [6.07, 6.45) is 17.1. The Kier molecular flexibility index (Phi) is 27.1. The van der Waals surface area contributed by atoms with E-state index in [0.717, 1.165) is 82.5 Å². The summed E-state index contributed by atoms with van der Waals surface area (Å²) in [5, 5.41) is 13.9. The van der Waals surface area contributed by atoms with E-state index >= 15 is 0 Å². The molecule has 7 heteroatoms. The normalized spacial score (nSPS) is 15.3. The fourth-order valence-electron chi connectivity index (χ4n) is 13.2. The SMILES string of the molecule is CC(C)c1ccc2c(c1)CCCN2.CC(C)c1ccc2c(c1)CCCO2.CC(C)c1ccc2c(c1)NCCC2.CC(C)c1ccc2c(c1)OCCC2.CC(C)c1cccc2c1CCCN2.CC(C)c1cccc2c1CCCO2.CC(C)c1cccc2c1NCCC2. The Morgan fingerprint density at radius 1 is 0.275 bits per heavy atom. The van der Waals surface area contributed by atoms with Crippen LogP contribution in [0.5, 0.6) is 17.2 Å². The van der Waals surface area contributed by atoms with Gasteiger partial charge >= 0.3 is 0 Å². The third kappa shape index (κ3) is 20.3. The molecule has 4 N–H and O–H groups in total. The number of aryl methyl sites for hydroxylation is 5. The van der Waals surface area contributed by atoms with E-state index in [1.165, 1.54) is 166 Å². The topological polar surface area (TPSA) is 75.8 Å². The molecule has 7 aliphatic rings. The van der Waals surface area contributed by atoms with Crippen LogP contribution in [0, 0.1) is 0 Å². The second-order valence-electron chi connectivity index (χ2n) is 28.2. The summed E-state index contributed by atoms with van der Waals surface area (Å²) < 4.78 is 16.8. The number of benzene rings is 7. The lowest BCUT2D eigenvalue weighted by atomic mass is 9.91. The van der Waals surface area contributed by atoms with Crippen molar-refractivity contribution >= 4 is 22.7 Å². The highest BCUT2D eigenvalue weighted by atomic mass is 16.5. The number of para-hydroxylation sites is 1. The number of anilines is 4. The molecule has 0 amide bonds. The van der Waals surface area contributed by atoms with Gasteiger partial charge in [-0.1, -0.05) is 188 Å². The van der Waals surface area contributed by atoms with E-state index in [1.807, 2.05) is 0 Å². The van der Waals surface area contributed by atoms with Crippen LogP contribution in [0.15, 0.2) is 127 Å². The summed E-state index contributed by atoms with van der Waals surface area (Å²) in [6.45, 7) is 38.6. The van der Waals surface area contributed by atoms with Gasteiger partial charge in [0.05, 0.1) is 19.8 Å². The monoisotopic (exact) mass is 1230 g/mol. The average Bonchev–Trinajstić information content (AvgIpc) is 2.80. The Balaban J connectivity index is 0.000000137. The lowest BCUT2D eigenvalue weighted by molar-refractivity contribution is 0.287. The third-order valence-corrected chi connectivity index (χ3v) is 18.8. The maximum Gasteiger partial charge on any atom is 0.122 e. The summed E-state index contributed by atoms with van der Waals surface area (Å²) in [4.78, 5) is 0. The van der Waals surface area contributed by atoms with Gasteiger partial charge in [0.2, 0.25) is 0 Å². The highest BCUT2D eigenvalue weighted by Crippen LogP contribution is 2.35. The number of rotatable bonds is 7. The molecule has 0 unspecified atom stereocenters. The van der Waals surface area contributed by atoms with Crippen LogP contribution in [0.4, 0.5) is 22.7 Å². The molecule has 91 heavy (non-hydrogen) atoms. The molecule has 7 aromatic rings. The first-order valence-corrected chi connectivity index (χ1v) is 35.7. The Labute approximate surface area is 552 Å². The predicted octanol–water partition coefficient (Wildman–Crippen LogP) is 22.1. The lowest BCUT2D eigenvalue weighted by Gasteiger charge is -2.22. The zero-order chi connectivity index (χ0) is 64.8. The van der Waals surface area contributed by atoms with Crippen molar-refractivity contribution in [3.63, 3.8) is 0 Å². The molecule has 0 saturated heterocycles. The summed E-state index contributed by atoms with van der Waals surface area (Å²) in [6, 6.07) is 46.5. The van der Waals surface area contributed by atoms with E-state index in [-0.39, 0.29) is 0 Å². The van der Waals surface area contributed by atoms with Gasteiger partial charge < -0.3 is 35.5 Å². The first-order valence-electron chi connectivity index (χ1n) is 35.7. The quantitative estimate of drug-likeness (QED) is 0.127. The van der Waals surface area contributed by atoms with Gasteiger partial charge in [0, 0.05) is 48.9 Å². The smallest absolute Gasteiger partial charge is 0.122 e. The standard InChI is InChI=1S/4C12H17N.3C12H16O/c1-9(2)10-5-3-7-12-11(10)6-4-8-13-12;1-9(2)11-7-3-5-10-6-4-8-13-12(10)11;1-9(2)10-5-6-12-11(8-10)4-3-7-13-12;1-9(2)11-6-5-10-4-3-7-13-12(10)8-11;1-9(2)10-5-3-7-12-11(10)6-4-8-13-12;1-9(2)10-5-6-12-11(8-10)4-3-7-13-12;1-9(2)11-6-5-10-4-3-7-13-12(10)8-11/h2*3,5,7,9,13H,4,6,8H2,1-2H3;2*5-6,8-9,13H,3-4,7H2,1-2H3;3,5,7,9H,4,6,8H2,1-2H3;2*5-6,8-9H,3-4,7H2,1-2H3. The molecule has 0 bridgehead atoms. The highest BCUT2D eigenvalue weighted by Gasteiger charge is 2.19. The molecule has 0 atom stereocenters. The van der Waals surface area contributed by atoms with Gasteiger partial charge in [-0.05, 0) is 246 Å². The Bertz CT molecular complexity index is 2960. The molecular weight excluding hydrogens is 1110 g/mol. The summed E-state index contributed by atoms with van der Waals surface area (Å²) in [5.74, 6) is 7.68. The first kappa shape index (κ1) is 70.0. The summed E-state index contributed by atoms with van der Waals surface area (Å²) in [5.41, 5.74) is 25.8. The van der Waals surface area contributed by atoms with Gasteiger partial charge in [0.1, 0.15) is 17.2 Å². The van der Waals surface area contributed by atoms with Crippen LogP contribution >= 0.6 is 0 Å². The fraction of sp³-hybridized carbons (Fsp3) is 0.500. The maximum atomic E-state index is 5.61. The Hall–Kier alpha value is -6.86. The number of hydrogen-bond acceptors (Lipinski definition) is 7. The van der Waals surface area contributed by atoms with E-state index in [9.17, 15) is 0 Å². The van der Waals surface area contributed by atoms with Crippen molar-refractivity contribution in [2.45, 2.75) is 228 Å². The largest absolute Gasteiger partial charge is 0.493 e. The van der Waals surface area contributed by atoms with Crippen molar-refractivity contribution in [3.8, 4) is 17.2 Å². The number of ether oxygens (including phenoxy) is 3. The van der Waals surface area contributed by atoms with Gasteiger partial charge in [-0.2, -0.15) is 0 Å². The van der Waals surface area contributed by atoms with Crippen molar-refractivity contribution in [3.05, 3.63) is 205 Å². The summed E-state index contributed by atoms with van der Waals surface area (Å²) in [7, 11) is 0. The van der Waals surface area contributed by atoms with Crippen molar-refractivity contribution < 1.29 is 14.2 Å². The van der Waals surface area contributed by atoms with Gasteiger partial charge in [0.25, 0.3) is 0 Å². The third-order valence-electron chi connectivity index (χ3n) is 18.8. The molecule has 0 aliphatic carbocycles. The van der Waals surface area contributed by atoms with E-state index in [0.29, 0.717) is 41.4 Å². The minimum Gasteiger partial charge on any atom is -0.493 e. The molecule has 0 radical (unpaired) electrons. The fourth-order valence-corrected chi connectivity index (χ4v) is 13.2. The minimum absolute atomic E-state index is 0.593. The molecule has 7 aromatic carbocycles. The van der Waals surface area contributed by atoms with Crippen molar-refractivity contribution in [2.75, 3.05) is 67.3 Å². The molecule has 0 fully saturated rings. The van der Waals surface area contributed by atoms with Crippen LogP contribution in [0.1, 0.15) is 261 Å². The van der Waals surface area contributed by atoms with E-state index in [2.05, 4.69) is 246 Å². The van der Waals surface area contributed by atoms with Gasteiger partial charge in [0.15, 0.2) is 0 Å². The van der Waals surface area contributed by atoms with Crippen molar-refractivity contribution in [2.24, 2.45) is 0 Å². The molecule has 490 valence electrons. The lowest BCUT2D eigenvalue weighted by Crippen LogP contribution is -2.14. The van der Waals surface area contributed by atoms with Crippen molar-refractivity contribution in [1.82, 2.24) is 0 Å². The number of nitrogens with one attached hydrogen (secondary N) is 4. The van der Waals surface area contributed by atoms with Crippen LogP contribution in [0.3, 0.4) is 0 Å². The zero-order valence-corrected chi connectivity index (χ0v) is 58.7. The van der Waals surface area contributed by atoms with E-state index in [1.54, 1.807) is 5.56 Å². The van der Waals surface area contributed by atoms with Gasteiger partial charge in [-0.15, -0.1) is 0 Å². The second-order valence-corrected chi connectivity index (χ2v) is 28.2. The molecule has 7 heterocycles.